The van der Waals surface area contributed by atoms with Crippen LogP contribution in [0.1, 0.15) is 49.4 Å². The van der Waals surface area contributed by atoms with Gasteiger partial charge in [-0.2, -0.15) is 0 Å². The Morgan fingerprint density at radius 1 is 0.935 bits per heavy atom. The van der Waals surface area contributed by atoms with E-state index >= 15 is 0 Å². The van der Waals surface area contributed by atoms with Crippen LogP contribution in [0.4, 0.5) is 0 Å². The quantitative estimate of drug-likeness (QED) is 0.548. The van der Waals surface area contributed by atoms with E-state index in [1.807, 2.05) is 11.6 Å². The maximum absolute atomic E-state index is 13.0. The summed E-state index contributed by atoms with van der Waals surface area (Å²) in [6.07, 6.45) is 3.14. The fraction of sp³-hybridized carbons (Fsp3) is 0.280. The van der Waals surface area contributed by atoms with E-state index in [4.69, 9.17) is 0 Å². The SMILES string of the molecule is C=C1c2ccccc2C2=C(CC(C[Si](=O)N(C)C(C)(C)C)=C2)c2ccccc21.[Cl-].[Cl-].[Ti+4]. The summed E-state index contributed by atoms with van der Waals surface area (Å²) >= 11 is 0. The minimum Gasteiger partial charge on any atom is -1.00 e. The molecule has 0 aromatic heterocycles. The van der Waals surface area contributed by atoms with Crippen molar-refractivity contribution in [2.45, 2.75) is 38.8 Å². The van der Waals surface area contributed by atoms with Crippen LogP contribution in [-0.4, -0.2) is 26.0 Å². The summed E-state index contributed by atoms with van der Waals surface area (Å²) in [5.74, 6) is 0. The van der Waals surface area contributed by atoms with Crippen LogP contribution in [0, 0.1) is 0 Å². The number of hydrogen-bond acceptors (Lipinski definition) is 1. The summed E-state index contributed by atoms with van der Waals surface area (Å²) in [5.41, 5.74) is 9.75. The molecule has 158 valence electrons. The Labute approximate surface area is 215 Å². The van der Waals surface area contributed by atoms with E-state index in [1.165, 1.54) is 39.0 Å². The molecule has 0 saturated carbocycles. The van der Waals surface area contributed by atoms with Gasteiger partial charge >= 0.3 is 30.6 Å². The molecule has 6 heteroatoms. The molecule has 2 aliphatic rings. The molecule has 0 N–H and O–H groups in total. The van der Waals surface area contributed by atoms with Gasteiger partial charge in [0.2, 0.25) is 0 Å². The van der Waals surface area contributed by atoms with E-state index in [0.29, 0.717) is 6.04 Å². The van der Waals surface area contributed by atoms with Crippen LogP contribution in [0.25, 0.3) is 16.7 Å². The minimum atomic E-state index is -1.85. The van der Waals surface area contributed by atoms with Gasteiger partial charge in [-0.3, -0.25) is 0 Å². The first kappa shape index (κ1) is 27.8. The fourth-order valence-corrected chi connectivity index (χ4v) is 5.68. The molecule has 0 bridgehead atoms. The second kappa shape index (κ2) is 10.6. The van der Waals surface area contributed by atoms with E-state index in [2.05, 4.69) is 82.0 Å². The van der Waals surface area contributed by atoms with Gasteiger partial charge < -0.3 is 33.8 Å². The second-order valence-corrected chi connectivity index (χ2v) is 10.6. The van der Waals surface area contributed by atoms with Crippen molar-refractivity contribution in [2.24, 2.45) is 0 Å². The molecule has 0 saturated heterocycles. The Bertz CT molecular complexity index is 1070. The van der Waals surface area contributed by atoms with E-state index in [0.717, 1.165) is 12.0 Å². The van der Waals surface area contributed by atoms with Crippen LogP contribution < -0.4 is 24.8 Å². The summed E-state index contributed by atoms with van der Waals surface area (Å²) in [6, 6.07) is 17.7. The van der Waals surface area contributed by atoms with Gasteiger partial charge in [-0.25, -0.2) is 0 Å². The van der Waals surface area contributed by atoms with Gasteiger partial charge in [-0.1, -0.05) is 66.8 Å². The molecule has 2 aliphatic carbocycles. The van der Waals surface area contributed by atoms with Crippen LogP contribution >= 0.6 is 0 Å². The molecule has 0 heterocycles. The van der Waals surface area contributed by atoms with Gasteiger partial charge in [0.1, 0.15) is 0 Å². The zero-order chi connectivity index (χ0) is 20.1. The number of allylic oxidation sites excluding steroid dienone is 4. The zero-order valence-electron chi connectivity index (χ0n) is 18.4. The van der Waals surface area contributed by atoms with E-state index in [1.54, 1.807) is 0 Å². The molecule has 0 spiro atoms. The first-order valence-electron chi connectivity index (χ1n) is 9.85. The maximum Gasteiger partial charge on any atom is 4.00 e. The van der Waals surface area contributed by atoms with Gasteiger partial charge in [0.05, 0.1) is 0 Å². The molecule has 0 aliphatic heterocycles. The molecule has 31 heavy (non-hydrogen) atoms. The molecular formula is C25H27Cl2NOSiTi+2. The smallest absolute Gasteiger partial charge is 1.00 e. The average molecular weight is 504 g/mol. The van der Waals surface area contributed by atoms with Crippen molar-refractivity contribution in [2.75, 3.05) is 7.05 Å². The summed E-state index contributed by atoms with van der Waals surface area (Å²) in [4.78, 5) is 0. The summed E-state index contributed by atoms with van der Waals surface area (Å²) in [7, 11) is 0.124. The Morgan fingerprint density at radius 2 is 1.42 bits per heavy atom. The standard InChI is InChI=1S/C25H27NOSi.2ClH.Ti/c1-17-19-10-6-8-12-21(19)23-14-18(16-28(27)26(5)25(2,3)4)15-24(23)22-13-9-7-11-20(17)22;;;/h6-14H,1,15-16H2,2-5H3;2*1H;/q;;;+4/p-2. The van der Waals surface area contributed by atoms with E-state index < -0.39 is 8.84 Å². The molecule has 4 rings (SSSR count). The van der Waals surface area contributed by atoms with Crippen LogP contribution in [0.2, 0.25) is 6.04 Å². The first-order valence-corrected chi connectivity index (χ1v) is 11.4. The minimum absolute atomic E-state index is 0. The van der Waals surface area contributed by atoms with E-state index in [-0.39, 0.29) is 52.1 Å². The van der Waals surface area contributed by atoms with Crippen LogP contribution in [-0.2, 0) is 26.2 Å². The van der Waals surface area contributed by atoms with Crippen molar-refractivity contribution in [3.8, 4) is 0 Å². The van der Waals surface area contributed by atoms with Crippen LogP contribution in [0.3, 0.4) is 0 Å². The maximum atomic E-state index is 13.0. The Balaban J connectivity index is 0.00000160. The van der Waals surface area contributed by atoms with Crippen LogP contribution in [0.15, 0.2) is 66.8 Å². The van der Waals surface area contributed by atoms with Crippen molar-refractivity contribution >= 4 is 25.6 Å². The third kappa shape index (κ3) is 5.23. The molecule has 0 amide bonds. The van der Waals surface area contributed by atoms with Gasteiger partial charge in [-0.05, 0) is 66.2 Å². The van der Waals surface area contributed by atoms with Crippen molar-refractivity contribution in [1.29, 1.82) is 0 Å². The summed E-state index contributed by atoms with van der Waals surface area (Å²) in [6.45, 7) is 10.7. The predicted molar refractivity (Wildman–Crippen MR) is 119 cm³/mol. The summed E-state index contributed by atoms with van der Waals surface area (Å²) < 4.78 is 15.0. The van der Waals surface area contributed by atoms with Crippen molar-refractivity contribution in [3.63, 3.8) is 0 Å². The number of halogens is 2. The predicted octanol–water partition coefficient (Wildman–Crippen LogP) is -0.0431. The molecule has 0 radical (unpaired) electrons. The number of fused-ring (bicyclic) bond motifs is 4. The second-order valence-electron chi connectivity index (χ2n) is 8.74. The van der Waals surface area contributed by atoms with Crippen molar-refractivity contribution in [1.82, 2.24) is 4.57 Å². The van der Waals surface area contributed by atoms with Crippen LogP contribution in [0.5, 0.6) is 0 Å². The number of nitrogens with zero attached hydrogens (tertiary/aromatic N) is 1. The molecule has 0 fully saturated rings. The Hall–Kier alpha value is -1.23. The van der Waals surface area contributed by atoms with Gasteiger partial charge in [0.25, 0.3) is 0 Å². The van der Waals surface area contributed by atoms with Gasteiger partial charge in [-0.15, -0.1) is 0 Å². The number of benzene rings is 2. The largest absolute Gasteiger partial charge is 4.00 e. The normalized spacial score (nSPS) is 13.9. The molecular weight excluding hydrogens is 477 g/mol. The monoisotopic (exact) mass is 503 g/mol. The third-order valence-electron chi connectivity index (χ3n) is 5.96. The van der Waals surface area contributed by atoms with Crippen molar-refractivity contribution < 1.29 is 51.0 Å². The Morgan fingerprint density at radius 3 is 1.97 bits per heavy atom. The molecule has 2 aromatic carbocycles. The third-order valence-corrected chi connectivity index (χ3v) is 8.13. The summed E-state index contributed by atoms with van der Waals surface area (Å²) in [5, 5.41) is 0. The number of rotatable bonds is 3. The molecule has 0 atom stereocenters. The number of hydrogen-bond donors (Lipinski definition) is 0. The fourth-order valence-electron chi connectivity index (χ4n) is 4.08. The van der Waals surface area contributed by atoms with Crippen molar-refractivity contribution in [3.05, 3.63) is 89.0 Å². The molecule has 0 unspecified atom stereocenters. The van der Waals surface area contributed by atoms with Gasteiger partial charge in [0.15, 0.2) is 0 Å². The Kier molecular flexibility index (Phi) is 9.50. The zero-order valence-corrected chi connectivity index (χ0v) is 22.5. The first-order chi connectivity index (χ1) is 13.3. The molecule has 2 aromatic rings. The van der Waals surface area contributed by atoms with Gasteiger partial charge in [0, 0.05) is 18.6 Å². The topological polar surface area (TPSA) is 20.3 Å². The molecule has 2 nitrogen and oxygen atoms in total. The van der Waals surface area contributed by atoms with E-state index in [9.17, 15) is 4.46 Å². The average Bonchev–Trinajstić information content (AvgIpc) is 3.05.